The molecule has 0 aliphatic carbocycles. The quantitative estimate of drug-likeness (QED) is 0.402. The van der Waals surface area contributed by atoms with Crippen molar-refractivity contribution in [3.63, 3.8) is 0 Å². The molecule has 0 saturated heterocycles. The minimum absolute atomic E-state index is 0.00578. The Morgan fingerprint density at radius 1 is 1.00 bits per heavy atom. The summed E-state index contributed by atoms with van der Waals surface area (Å²) < 4.78 is 1.73. The van der Waals surface area contributed by atoms with Gasteiger partial charge in [-0.3, -0.25) is 4.79 Å². The number of benzene rings is 3. The molecule has 0 unspecified atom stereocenters. The number of fused-ring (bicyclic) bond motifs is 1. The van der Waals surface area contributed by atoms with Gasteiger partial charge in [-0.2, -0.15) is 5.10 Å². The molecule has 0 radical (unpaired) electrons. The highest BCUT2D eigenvalue weighted by Gasteiger charge is 2.05. The number of aryl methyl sites for hydroxylation is 1. The number of ketones is 1. The third kappa shape index (κ3) is 3.17. The molecule has 0 aliphatic rings. The predicted molar refractivity (Wildman–Crippen MR) is 103 cm³/mol. The van der Waals surface area contributed by atoms with E-state index in [0.29, 0.717) is 5.56 Å². The molecule has 126 valence electrons. The number of allylic oxidation sites excluding steroid dienone is 1. The van der Waals surface area contributed by atoms with Crippen molar-refractivity contribution < 1.29 is 4.79 Å². The Hall–Kier alpha value is -3.53. The number of carbonyl (C=O) groups excluding carboxylic acids is 1. The molecule has 0 amide bonds. The molecule has 0 atom stereocenters. The van der Waals surface area contributed by atoms with E-state index < -0.39 is 0 Å². The topological polar surface area (TPSA) is 47.8 Å². The molecule has 0 fully saturated rings. The molecule has 1 aromatic heterocycles. The summed E-state index contributed by atoms with van der Waals surface area (Å²) in [6.45, 7) is 2.01. The lowest BCUT2D eigenvalue weighted by molar-refractivity contribution is 0.104. The molecule has 3 aromatic carbocycles. The first-order chi connectivity index (χ1) is 12.7. The average Bonchev–Trinajstić information content (AvgIpc) is 3.20. The maximum Gasteiger partial charge on any atom is 0.185 e. The Bertz CT molecular complexity index is 1110. The van der Waals surface area contributed by atoms with Crippen LogP contribution < -0.4 is 0 Å². The molecule has 0 saturated carbocycles. The van der Waals surface area contributed by atoms with Gasteiger partial charge in [0.05, 0.1) is 5.69 Å². The predicted octanol–water partition coefficient (Wildman–Crippen LogP) is 4.63. The van der Waals surface area contributed by atoms with Crippen molar-refractivity contribution in [3.05, 3.63) is 96.1 Å². The average molecular weight is 339 g/mol. The first kappa shape index (κ1) is 16.0. The van der Waals surface area contributed by atoms with E-state index in [4.69, 9.17) is 0 Å². The fourth-order valence-corrected chi connectivity index (χ4v) is 2.98. The summed E-state index contributed by atoms with van der Waals surface area (Å²) in [6.07, 6.45) is 6.64. The van der Waals surface area contributed by atoms with Crippen LogP contribution in [0.1, 0.15) is 21.5 Å². The van der Waals surface area contributed by atoms with Crippen LogP contribution in [0.3, 0.4) is 0 Å². The van der Waals surface area contributed by atoms with E-state index in [9.17, 15) is 4.79 Å². The Morgan fingerprint density at radius 3 is 2.62 bits per heavy atom. The van der Waals surface area contributed by atoms with Crippen molar-refractivity contribution in [1.82, 2.24) is 14.8 Å². The molecule has 1 heterocycles. The molecule has 26 heavy (non-hydrogen) atoms. The number of hydrogen-bond acceptors (Lipinski definition) is 3. The molecule has 0 N–H and O–H groups in total. The van der Waals surface area contributed by atoms with Crippen molar-refractivity contribution >= 4 is 22.6 Å². The van der Waals surface area contributed by atoms with Crippen molar-refractivity contribution in [2.24, 2.45) is 0 Å². The van der Waals surface area contributed by atoms with Crippen LogP contribution in [0.4, 0.5) is 0 Å². The number of hydrogen-bond donors (Lipinski definition) is 0. The van der Waals surface area contributed by atoms with Crippen molar-refractivity contribution in [1.29, 1.82) is 0 Å². The van der Waals surface area contributed by atoms with Crippen LogP contribution in [0.5, 0.6) is 0 Å². The van der Waals surface area contributed by atoms with E-state index in [1.165, 1.54) is 6.33 Å². The normalized spacial score (nSPS) is 11.3. The molecule has 4 nitrogen and oxygen atoms in total. The summed E-state index contributed by atoms with van der Waals surface area (Å²) in [6, 6.07) is 19.8. The molecule has 4 aromatic rings. The lowest BCUT2D eigenvalue weighted by Crippen LogP contribution is -1.97. The van der Waals surface area contributed by atoms with Gasteiger partial charge in [-0.05, 0) is 53.1 Å². The monoisotopic (exact) mass is 339 g/mol. The fraction of sp³-hybridized carbons (Fsp3) is 0.0455. The van der Waals surface area contributed by atoms with E-state index in [0.717, 1.165) is 27.6 Å². The van der Waals surface area contributed by atoms with Gasteiger partial charge >= 0.3 is 0 Å². The zero-order valence-electron chi connectivity index (χ0n) is 14.3. The van der Waals surface area contributed by atoms with Gasteiger partial charge in [-0.25, -0.2) is 9.67 Å². The third-order valence-corrected chi connectivity index (χ3v) is 4.35. The number of carbonyl (C=O) groups is 1. The summed E-state index contributed by atoms with van der Waals surface area (Å²) in [5, 5.41) is 6.35. The highest BCUT2D eigenvalue weighted by atomic mass is 16.1. The van der Waals surface area contributed by atoms with Crippen LogP contribution in [0.25, 0.3) is 22.5 Å². The standard InChI is InChI=1S/C22H17N3O/c1-16-12-17(6-10-21(16)25-15-23-14-24-25)7-11-22(26)20-9-8-18-4-2-3-5-19(18)13-20/h2-15H,1H3/b11-7+. The third-order valence-electron chi connectivity index (χ3n) is 4.35. The maximum atomic E-state index is 12.5. The summed E-state index contributed by atoms with van der Waals surface area (Å²) in [5.74, 6) is -0.00578. The minimum Gasteiger partial charge on any atom is -0.289 e. The number of aromatic nitrogens is 3. The van der Waals surface area contributed by atoms with Gasteiger partial charge in [0, 0.05) is 5.56 Å². The van der Waals surface area contributed by atoms with Gasteiger partial charge in [0.2, 0.25) is 0 Å². The van der Waals surface area contributed by atoms with Gasteiger partial charge < -0.3 is 0 Å². The van der Waals surface area contributed by atoms with E-state index in [1.807, 2.05) is 73.7 Å². The van der Waals surface area contributed by atoms with Gasteiger partial charge in [0.15, 0.2) is 5.78 Å². The lowest BCUT2D eigenvalue weighted by atomic mass is 10.0. The number of rotatable bonds is 4. The summed E-state index contributed by atoms with van der Waals surface area (Å²) in [4.78, 5) is 16.5. The first-order valence-corrected chi connectivity index (χ1v) is 8.37. The fourth-order valence-electron chi connectivity index (χ4n) is 2.98. The van der Waals surface area contributed by atoms with Crippen LogP contribution in [-0.4, -0.2) is 20.5 Å². The van der Waals surface area contributed by atoms with Crippen LogP contribution >= 0.6 is 0 Å². The van der Waals surface area contributed by atoms with Gasteiger partial charge in [0.25, 0.3) is 0 Å². The van der Waals surface area contributed by atoms with Gasteiger partial charge in [-0.1, -0.05) is 48.5 Å². The largest absolute Gasteiger partial charge is 0.289 e. The van der Waals surface area contributed by atoms with Crippen molar-refractivity contribution in [2.45, 2.75) is 6.92 Å². The first-order valence-electron chi connectivity index (χ1n) is 8.37. The van der Waals surface area contributed by atoms with Crippen LogP contribution in [0.15, 0.2) is 79.4 Å². The van der Waals surface area contributed by atoms with Crippen LogP contribution in [0, 0.1) is 6.92 Å². The summed E-state index contributed by atoms with van der Waals surface area (Å²) in [7, 11) is 0. The molecule has 0 spiro atoms. The number of nitrogens with zero attached hydrogens (tertiary/aromatic N) is 3. The summed E-state index contributed by atoms with van der Waals surface area (Å²) in [5.41, 5.74) is 3.70. The second kappa shape index (κ2) is 6.76. The molecule has 0 aliphatic heterocycles. The Balaban J connectivity index is 1.57. The highest BCUT2D eigenvalue weighted by Crippen LogP contribution is 2.18. The van der Waals surface area contributed by atoms with E-state index >= 15 is 0 Å². The highest BCUT2D eigenvalue weighted by molar-refractivity contribution is 6.08. The maximum absolute atomic E-state index is 12.5. The minimum atomic E-state index is -0.00578. The van der Waals surface area contributed by atoms with Crippen molar-refractivity contribution in [2.75, 3.05) is 0 Å². The Kier molecular flexibility index (Phi) is 4.15. The van der Waals surface area contributed by atoms with E-state index in [2.05, 4.69) is 10.1 Å². The van der Waals surface area contributed by atoms with Crippen molar-refractivity contribution in [3.8, 4) is 5.69 Å². The molecule has 4 rings (SSSR count). The second-order valence-electron chi connectivity index (χ2n) is 6.15. The van der Waals surface area contributed by atoms with Gasteiger partial charge in [0.1, 0.15) is 12.7 Å². The van der Waals surface area contributed by atoms with E-state index in [-0.39, 0.29) is 5.78 Å². The molecule has 4 heteroatoms. The zero-order valence-corrected chi connectivity index (χ0v) is 14.3. The molecular weight excluding hydrogens is 322 g/mol. The van der Waals surface area contributed by atoms with Crippen LogP contribution in [-0.2, 0) is 0 Å². The Morgan fingerprint density at radius 2 is 1.85 bits per heavy atom. The molecular formula is C22H17N3O. The van der Waals surface area contributed by atoms with E-state index in [1.54, 1.807) is 17.1 Å². The summed E-state index contributed by atoms with van der Waals surface area (Å²) >= 11 is 0. The van der Waals surface area contributed by atoms with Crippen LogP contribution in [0.2, 0.25) is 0 Å². The zero-order chi connectivity index (χ0) is 17.9. The smallest absolute Gasteiger partial charge is 0.185 e. The Labute approximate surface area is 151 Å². The molecule has 0 bridgehead atoms. The SMILES string of the molecule is Cc1cc(/C=C/C(=O)c2ccc3ccccc3c2)ccc1-n1cncn1. The second-order valence-corrected chi connectivity index (χ2v) is 6.15. The van der Waals surface area contributed by atoms with Gasteiger partial charge in [-0.15, -0.1) is 0 Å². The lowest BCUT2D eigenvalue weighted by Gasteiger charge is -2.06.